The van der Waals surface area contributed by atoms with Crippen LogP contribution in [0.4, 0.5) is 25.0 Å². The van der Waals surface area contributed by atoms with E-state index in [2.05, 4.69) is 0 Å². The molecule has 1 aromatic rings. The fourth-order valence-corrected chi connectivity index (χ4v) is 2.73. The van der Waals surface area contributed by atoms with Crippen molar-refractivity contribution in [1.82, 2.24) is 4.90 Å². The number of non-ortho nitro benzene ring substituents is 1. The number of rotatable bonds is 2. The molecule has 0 bridgehead atoms. The molecule has 2 atom stereocenters. The van der Waals surface area contributed by atoms with Crippen molar-refractivity contribution in [3.8, 4) is 0 Å². The molecule has 0 aromatic heterocycles. The minimum Gasteiger partial charge on any atom is -0.442 e. The second-order valence-electron chi connectivity index (χ2n) is 5.02. The average Bonchev–Trinajstić information content (AvgIpc) is 2.90. The van der Waals surface area contributed by atoms with Crippen molar-refractivity contribution in [2.24, 2.45) is 0 Å². The summed E-state index contributed by atoms with van der Waals surface area (Å²) in [6.07, 6.45) is -0.925. The third-order valence-electron chi connectivity index (χ3n) is 3.80. The largest absolute Gasteiger partial charge is 0.442 e. The zero-order valence-corrected chi connectivity index (χ0v) is 11.0. The molecule has 112 valence electrons. The first-order valence-corrected chi connectivity index (χ1v) is 6.20. The van der Waals surface area contributed by atoms with Crippen molar-refractivity contribution >= 4 is 17.5 Å². The molecule has 21 heavy (non-hydrogen) atoms. The monoisotopic (exact) mass is 299 g/mol. The Labute approximate surface area is 117 Å². The van der Waals surface area contributed by atoms with Crippen molar-refractivity contribution in [3.05, 3.63) is 33.9 Å². The number of anilines is 1. The van der Waals surface area contributed by atoms with E-state index in [-0.39, 0.29) is 24.8 Å². The quantitative estimate of drug-likeness (QED) is 0.611. The van der Waals surface area contributed by atoms with Gasteiger partial charge in [0, 0.05) is 13.6 Å². The van der Waals surface area contributed by atoms with Gasteiger partial charge in [-0.1, -0.05) is 0 Å². The van der Waals surface area contributed by atoms with Gasteiger partial charge in [0.2, 0.25) is 0 Å². The molecule has 7 nitrogen and oxygen atoms in total. The van der Waals surface area contributed by atoms with E-state index in [1.165, 1.54) is 9.80 Å². The number of nitro benzene ring substituents is 1. The number of halogens is 2. The number of carbonyl (C=O) groups is 1. The Balaban J connectivity index is 1.90. The van der Waals surface area contributed by atoms with Gasteiger partial charge in [-0.2, -0.15) is 0 Å². The fraction of sp³-hybridized carbons (Fsp3) is 0.417. The maximum atomic E-state index is 14.0. The van der Waals surface area contributed by atoms with Crippen molar-refractivity contribution in [2.75, 3.05) is 25.0 Å². The van der Waals surface area contributed by atoms with Gasteiger partial charge in [-0.05, 0) is 0 Å². The lowest BCUT2D eigenvalue weighted by Crippen LogP contribution is -2.35. The van der Waals surface area contributed by atoms with E-state index in [0.29, 0.717) is 12.1 Å². The van der Waals surface area contributed by atoms with Crippen LogP contribution >= 0.6 is 0 Å². The molecule has 2 fully saturated rings. The third kappa shape index (κ3) is 2.05. The molecule has 1 aromatic carbocycles. The van der Waals surface area contributed by atoms with Gasteiger partial charge in [0.05, 0.1) is 29.6 Å². The maximum Gasteiger partial charge on any atom is 0.410 e. The number of fused-ring (bicyclic) bond motifs is 1. The number of likely N-dealkylation sites (N-methyl/N-ethyl adjacent to an activating group) is 1. The van der Waals surface area contributed by atoms with Crippen LogP contribution < -0.4 is 4.90 Å². The summed E-state index contributed by atoms with van der Waals surface area (Å²) in [6.45, 7) is 0.352. The number of ether oxygens (including phenoxy) is 1. The van der Waals surface area contributed by atoms with Crippen LogP contribution in [0.2, 0.25) is 0 Å². The molecule has 2 aliphatic heterocycles. The predicted molar refractivity (Wildman–Crippen MR) is 67.0 cm³/mol. The first-order chi connectivity index (χ1) is 9.88. The highest BCUT2D eigenvalue weighted by Gasteiger charge is 2.47. The molecule has 2 aliphatic rings. The Bertz CT molecular complexity index is 616. The van der Waals surface area contributed by atoms with E-state index in [4.69, 9.17) is 4.74 Å². The minimum absolute atomic E-state index is 0.145. The number of benzene rings is 1. The SMILES string of the molecule is CN1C(=O)O[C@H]2CN(c3c(F)cc([N+](=O)[O-])cc3F)C[C@H]21. The number of amides is 1. The Kier molecular flexibility index (Phi) is 2.92. The van der Waals surface area contributed by atoms with Gasteiger partial charge >= 0.3 is 6.09 Å². The van der Waals surface area contributed by atoms with Crippen LogP contribution in [-0.4, -0.2) is 48.2 Å². The summed E-state index contributed by atoms with van der Waals surface area (Å²) in [5.74, 6) is -2.01. The second kappa shape index (κ2) is 4.54. The number of nitrogens with zero attached hydrogens (tertiary/aromatic N) is 3. The van der Waals surface area contributed by atoms with Crippen molar-refractivity contribution < 1.29 is 23.2 Å². The van der Waals surface area contributed by atoms with Crippen molar-refractivity contribution in [3.63, 3.8) is 0 Å². The third-order valence-corrected chi connectivity index (χ3v) is 3.80. The topological polar surface area (TPSA) is 75.9 Å². The second-order valence-corrected chi connectivity index (χ2v) is 5.02. The highest BCUT2D eigenvalue weighted by molar-refractivity contribution is 5.71. The van der Waals surface area contributed by atoms with Gasteiger partial charge in [0.1, 0.15) is 11.8 Å². The molecular formula is C12H11F2N3O4. The molecule has 3 rings (SSSR count). The number of nitro groups is 1. The molecule has 0 unspecified atom stereocenters. The molecular weight excluding hydrogens is 288 g/mol. The summed E-state index contributed by atoms with van der Waals surface area (Å²) in [7, 11) is 1.55. The van der Waals surface area contributed by atoms with Crippen LogP contribution in [0.15, 0.2) is 12.1 Å². The number of carbonyl (C=O) groups excluding carboxylic acids is 1. The lowest BCUT2D eigenvalue weighted by molar-refractivity contribution is -0.385. The lowest BCUT2D eigenvalue weighted by Gasteiger charge is -2.22. The standard InChI is InChI=1S/C12H11F2N3O4/c1-15-9-4-16(5-10(9)21-12(15)18)11-7(13)2-6(17(19)20)3-8(11)14/h2-3,9-10H,4-5H2,1H3/t9-,10+/m1/s1. The van der Waals surface area contributed by atoms with Gasteiger partial charge in [0.25, 0.3) is 5.69 Å². The van der Waals surface area contributed by atoms with Crippen LogP contribution in [-0.2, 0) is 4.74 Å². The van der Waals surface area contributed by atoms with E-state index in [9.17, 15) is 23.7 Å². The average molecular weight is 299 g/mol. The Morgan fingerprint density at radius 3 is 2.48 bits per heavy atom. The normalized spacial score (nSPS) is 24.2. The van der Waals surface area contributed by atoms with Gasteiger partial charge in [-0.15, -0.1) is 0 Å². The number of hydrogen-bond acceptors (Lipinski definition) is 5. The van der Waals surface area contributed by atoms with Crippen LogP contribution in [0.3, 0.4) is 0 Å². The zero-order chi connectivity index (χ0) is 15.3. The van der Waals surface area contributed by atoms with Crippen molar-refractivity contribution in [1.29, 1.82) is 0 Å². The highest BCUT2D eigenvalue weighted by atomic mass is 19.1. The molecule has 0 radical (unpaired) electrons. The summed E-state index contributed by atoms with van der Waals surface area (Å²) in [6, 6.07) is 1.08. The predicted octanol–water partition coefficient (Wildman–Crippen LogP) is 1.51. The summed E-state index contributed by atoms with van der Waals surface area (Å²) in [5, 5.41) is 10.6. The summed E-state index contributed by atoms with van der Waals surface area (Å²) >= 11 is 0. The Hall–Kier alpha value is -2.45. The smallest absolute Gasteiger partial charge is 0.410 e. The van der Waals surface area contributed by atoms with Gasteiger partial charge in [0.15, 0.2) is 11.6 Å². The Morgan fingerprint density at radius 2 is 1.95 bits per heavy atom. The van der Waals surface area contributed by atoms with Crippen LogP contribution in [0, 0.1) is 21.7 Å². The van der Waals surface area contributed by atoms with E-state index in [0.717, 1.165) is 0 Å². The Morgan fingerprint density at radius 1 is 1.33 bits per heavy atom. The molecule has 2 heterocycles. The van der Waals surface area contributed by atoms with Gasteiger partial charge in [-0.3, -0.25) is 10.1 Å². The van der Waals surface area contributed by atoms with Gasteiger partial charge < -0.3 is 14.5 Å². The van der Waals surface area contributed by atoms with E-state index < -0.39 is 34.4 Å². The van der Waals surface area contributed by atoms with Crippen molar-refractivity contribution in [2.45, 2.75) is 12.1 Å². The van der Waals surface area contributed by atoms with Crippen LogP contribution in [0.5, 0.6) is 0 Å². The molecule has 9 heteroatoms. The fourth-order valence-electron chi connectivity index (χ4n) is 2.73. The van der Waals surface area contributed by atoms with Crippen LogP contribution in [0.25, 0.3) is 0 Å². The van der Waals surface area contributed by atoms with E-state index >= 15 is 0 Å². The molecule has 2 saturated heterocycles. The molecule has 0 N–H and O–H groups in total. The van der Waals surface area contributed by atoms with Crippen LogP contribution in [0.1, 0.15) is 0 Å². The summed E-state index contributed by atoms with van der Waals surface area (Å²) < 4.78 is 33.0. The van der Waals surface area contributed by atoms with Gasteiger partial charge in [-0.25, -0.2) is 13.6 Å². The summed E-state index contributed by atoms with van der Waals surface area (Å²) in [5.41, 5.74) is -0.976. The first kappa shape index (κ1) is 13.5. The maximum absolute atomic E-state index is 14.0. The van der Waals surface area contributed by atoms with E-state index in [1.807, 2.05) is 0 Å². The molecule has 0 saturated carbocycles. The highest BCUT2D eigenvalue weighted by Crippen LogP contribution is 2.34. The minimum atomic E-state index is -1.00. The zero-order valence-electron chi connectivity index (χ0n) is 11.0. The first-order valence-electron chi connectivity index (χ1n) is 6.20. The molecule has 0 aliphatic carbocycles. The molecule has 1 amide bonds. The number of hydrogen-bond donors (Lipinski definition) is 0. The van der Waals surface area contributed by atoms with E-state index in [1.54, 1.807) is 7.05 Å². The molecule has 0 spiro atoms. The summed E-state index contributed by atoms with van der Waals surface area (Å²) in [4.78, 5) is 23.8. The lowest BCUT2D eigenvalue weighted by atomic mass is 10.2.